The molecule has 0 amide bonds. The highest BCUT2D eigenvalue weighted by Gasteiger charge is 2.34. The Morgan fingerprint density at radius 2 is 2.21 bits per heavy atom. The van der Waals surface area contributed by atoms with Crippen LogP contribution in [-0.2, 0) is 5.75 Å². The van der Waals surface area contributed by atoms with Gasteiger partial charge in [-0.1, -0.05) is 18.2 Å². The molecule has 1 aliphatic heterocycles. The topological polar surface area (TPSA) is 110 Å². The third-order valence-electron chi connectivity index (χ3n) is 4.78. The fourth-order valence-corrected chi connectivity index (χ4v) is 4.25. The first-order chi connectivity index (χ1) is 14.1. The summed E-state index contributed by atoms with van der Waals surface area (Å²) in [6.07, 6.45) is 1.77. The third kappa shape index (κ3) is 3.52. The van der Waals surface area contributed by atoms with Crippen molar-refractivity contribution in [1.29, 1.82) is 5.26 Å². The zero-order chi connectivity index (χ0) is 20.4. The molecule has 1 atom stereocenters. The van der Waals surface area contributed by atoms with Gasteiger partial charge in [0.15, 0.2) is 0 Å². The minimum Gasteiger partial charge on any atom is -0.496 e. The molecule has 3 heterocycles. The summed E-state index contributed by atoms with van der Waals surface area (Å²) in [6, 6.07) is 13.9. The largest absolute Gasteiger partial charge is 0.496 e. The monoisotopic (exact) mass is 405 g/mol. The molecule has 2 aromatic heterocycles. The van der Waals surface area contributed by atoms with Crippen LogP contribution in [0, 0.1) is 18.3 Å². The molecule has 1 aromatic carbocycles. The summed E-state index contributed by atoms with van der Waals surface area (Å²) in [5.41, 5.74) is 9.98. The van der Waals surface area contributed by atoms with Crippen molar-refractivity contribution < 1.29 is 9.47 Å². The second-order valence-electron chi connectivity index (χ2n) is 6.52. The number of hydrogen-bond donors (Lipinski definition) is 2. The molecule has 0 aliphatic carbocycles. The van der Waals surface area contributed by atoms with E-state index in [0.717, 1.165) is 33.2 Å². The van der Waals surface area contributed by atoms with Gasteiger partial charge in [0.2, 0.25) is 11.8 Å². The molecule has 7 nitrogen and oxygen atoms in total. The number of methoxy groups -OCH3 is 1. The predicted molar refractivity (Wildman–Crippen MR) is 109 cm³/mol. The standard InChI is InChI=1S/C21H19N5O2S/c1-12-18-19(15(10-22)20(23)28-21(18)26-25-12)13-6-7-16(27-2)14(9-13)11-29-17-5-3-4-8-24-17/h3-9,19H,11,23H2,1-2H3,(H,25,26)/t19-/m0/s1. The molecule has 0 spiro atoms. The molecule has 8 heteroatoms. The van der Waals surface area contributed by atoms with Crippen molar-refractivity contribution in [3.8, 4) is 17.7 Å². The number of thioether (sulfide) groups is 1. The first kappa shape index (κ1) is 18.9. The quantitative estimate of drug-likeness (QED) is 0.624. The highest BCUT2D eigenvalue weighted by molar-refractivity contribution is 7.98. The second kappa shape index (κ2) is 7.89. The highest BCUT2D eigenvalue weighted by atomic mass is 32.2. The molecule has 29 heavy (non-hydrogen) atoms. The molecule has 0 saturated heterocycles. The first-order valence-electron chi connectivity index (χ1n) is 8.95. The number of hydrogen-bond acceptors (Lipinski definition) is 7. The van der Waals surface area contributed by atoms with Crippen LogP contribution in [0.25, 0.3) is 0 Å². The van der Waals surface area contributed by atoms with Crippen molar-refractivity contribution in [3.63, 3.8) is 0 Å². The molecule has 146 valence electrons. The summed E-state index contributed by atoms with van der Waals surface area (Å²) in [6.45, 7) is 1.90. The number of nitrogens with zero attached hydrogens (tertiary/aromatic N) is 3. The number of nitriles is 1. The Morgan fingerprint density at radius 3 is 2.93 bits per heavy atom. The number of pyridine rings is 1. The SMILES string of the molecule is COc1ccc([C@H]2C(C#N)=C(N)Oc3n[nH]c(C)c32)cc1CSc1ccccn1. The lowest BCUT2D eigenvalue weighted by Crippen LogP contribution is -2.21. The fourth-order valence-electron chi connectivity index (χ4n) is 3.41. The summed E-state index contributed by atoms with van der Waals surface area (Å²) >= 11 is 1.62. The van der Waals surface area contributed by atoms with E-state index in [1.165, 1.54) is 0 Å². The molecule has 4 rings (SSSR count). The Bertz CT molecular complexity index is 1120. The van der Waals surface area contributed by atoms with E-state index in [1.54, 1.807) is 25.1 Å². The van der Waals surface area contributed by atoms with Gasteiger partial charge in [0.1, 0.15) is 17.4 Å². The van der Waals surface area contributed by atoms with Gasteiger partial charge in [-0.15, -0.1) is 16.9 Å². The molecule has 0 unspecified atom stereocenters. The van der Waals surface area contributed by atoms with Crippen LogP contribution in [0.4, 0.5) is 0 Å². The number of H-pyrrole nitrogens is 1. The number of benzene rings is 1. The number of fused-ring (bicyclic) bond motifs is 1. The molecule has 1 aliphatic rings. The van der Waals surface area contributed by atoms with Crippen molar-refractivity contribution >= 4 is 11.8 Å². The lowest BCUT2D eigenvalue weighted by atomic mass is 9.83. The highest BCUT2D eigenvalue weighted by Crippen LogP contribution is 2.43. The zero-order valence-electron chi connectivity index (χ0n) is 16.0. The van der Waals surface area contributed by atoms with Gasteiger partial charge in [0.25, 0.3) is 0 Å². The Morgan fingerprint density at radius 1 is 1.34 bits per heavy atom. The maximum absolute atomic E-state index is 9.73. The minimum atomic E-state index is -0.355. The Kier molecular flexibility index (Phi) is 5.14. The molecule has 3 aromatic rings. The Balaban J connectivity index is 1.75. The van der Waals surface area contributed by atoms with E-state index >= 15 is 0 Å². The van der Waals surface area contributed by atoms with E-state index in [-0.39, 0.29) is 11.8 Å². The van der Waals surface area contributed by atoms with Gasteiger partial charge in [-0.3, -0.25) is 5.10 Å². The molecular weight excluding hydrogens is 386 g/mol. The normalized spacial score (nSPS) is 15.4. The smallest absolute Gasteiger partial charge is 0.244 e. The first-order valence-corrected chi connectivity index (χ1v) is 9.94. The average Bonchev–Trinajstić information content (AvgIpc) is 3.11. The van der Waals surface area contributed by atoms with Gasteiger partial charge in [0.05, 0.1) is 18.1 Å². The third-order valence-corrected chi connectivity index (χ3v) is 5.77. The van der Waals surface area contributed by atoms with Crippen LogP contribution >= 0.6 is 11.8 Å². The van der Waals surface area contributed by atoms with Crippen molar-refractivity contribution in [2.75, 3.05) is 7.11 Å². The number of allylic oxidation sites excluding steroid dienone is 1. The van der Waals surface area contributed by atoms with E-state index in [4.69, 9.17) is 15.2 Å². The van der Waals surface area contributed by atoms with Gasteiger partial charge in [-0.2, -0.15) is 5.26 Å². The van der Waals surface area contributed by atoms with Crippen LogP contribution in [-0.4, -0.2) is 22.3 Å². The number of nitrogens with two attached hydrogens (primary N) is 1. The Labute approximate surface area is 172 Å². The van der Waals surface area contributed by atoms with Crippen LogP contribution in [0.2, 0.25) is 0 Å². The van der Waals surface area contributed by atoms with Crippen molar-refractivity contribution in [2.24, 2.45) is 5.73 Å². The molecule has 0 radical (unpaired) electrons. The van der Waals surface area contributed by atoms with Crippen molar-refractivity contribution in [1.82, 2.24) is 15.2 Å². The maximum atomic E-state index is 9.73. The van der Waals surface area contributed by atoms with Crippen LogP contribution in [0.5, 0.6) is 11.6 Å². The Hall–Kier alpha value is -3.44. The maximum Gasteiger partial charge on any atom is 0.244 e. The van der Waals surface area contributed by atoms with Crippen LogP contribution in [0.3, 0.4) is 0 Å². The molecule has 0 bridgehead atoms. The number of aryl methyl sites for hydroxylation is 1. The average molecular weight is 405 g/mol. The summed E-state index contributed by atoms with van der Waals surface area (Å²) in [4.78, 5) is 4.36. The van der Waals surface area contributed by atoms with Gasteiger partial charge in [-0.05, 0) is 30.7 Å². The molecule has 0 fully saturated rings. The fraction of sp³-hybridized carbons (Fsp3) is 0.190. The summed E-state index contributed by atoms with van der Waals surface area (Å²) in [5, 5.41) is 17.8. The minimum absolute atomic E-state index is 0.0803. The van der Waals surface area contributed by atoms with E-state index < -0.39 is 0 Å². The molecule has 0 saturated carbocycles. The van der Waals surface area contributed by atoms with Crippen molar-refractivity contribution in [2.45, 2.75) is 23.6 Å². The summed E-state index contributed by atoms with van der Waals surface area (Å²) in [7, 11) is 1.65. The van der Waals surface area contributed by atoms with E-state index in [1.807, 2.05) is 43.3 Å². The van der Waals surface area contributed by atoms with Gasteiger partial charge in [0, 0.05) is 28.8 Å². The van der Waals surface area contributed by atoms with Crippen molar-refractivity contribution in [3.05, 3.63) is 76.4 Å². The molecular formula is C21H19N5O2S. The van der Waals surface area contributed by atoms with E-state index in [2.05, 4.69) is 21.3 Å². The lowest BCUT2D eigenvalue weighted by Gasteiger charge is -2.24. The predicted octanol–water partition coefficient (Wildman–Crippen LogP) is 3.63. The number of nitrogens with one attached hydrogen (secondary N) is 1. The van der Waals surface area contributed by atoms with E-state index in [0.29, 0.717) is 17.2 Å². The van der Waals surface area contributed by atoms with E-state index in [9.17, 15) is 5.26 Å². The van der Waals surface area contributed by atoms with Crippen LogP contribution in [0.15, 0.2) is 59.1 Å². The summed E-state index contributed by atoms with van der Waals surface area (Å²) < 4.78 is 11.1. The lowest BCUT2D eigenvalue weighted by molar-refractivity contribution is 0.378. The second-order valence-corrected chi connectivity index (χ2v) is 7.52. The molecule has 3 N–H and O–H groups in total. The number of ether oxygens (including phenoxy) is 2. The zero-order valence-corrected chi connectivity index (χ0v) is 16.8. The van der Waals surface area contributed by atoms with Gasteiger partial charge >= 0.3 is 0 Å². The number of aromatic nitrogens is 3. The van der Waals surface area contributed by atoms with Gasteiger partial charge in [-0.25, -0.2) is 4.98 Å². The number of rotatable bonds is 5. The summed E-state index contributed by atoms with van der Waals surface area (Å²) in [5.74, 6) is 1.59. The number of aromatic amines is 1. The van der Waals surface area contributed by atoms with Crippen LogP contribution < -0.4 is 15.2 Å². The van der Waals surface area contributed by atoms with Gasteiger partial charge < -0.3 is 15.2 Å². The van der Waals surface area contributed by atoms with Crippen LogP contribution in [0.1, 0.15) is 28.3 Å².